The smallest absolute Gasteiger partial charge is 0.305 e. The van der Waals surface area contributed by atoms with Gasteiger partial charge in [-0.3, -0.25) is 9.59 Å². The van der Waals surface area contributed by atoms with Gasteiger partial charge in [-0.2, -0.15) is 0 Å². The van der Waals surface area contributed by atoms with Crippen molar-refractivity contribution in [3.8, 4) is 11.5 Å². The molecule has 0 atom stereocenters. The molecular formula is C57H97NO6. The maximum absolute atomic E-state index is 12.2. The molecule has 0 aromatic heterocycles. The standard InChI is InChI=1S/C57H97NO6/c1-5-7-9-11-13-15-17-19-21-23-25-27-29-31-37-43-56(59)63-47-41-35-33-39-45-61-54-49-53(52-58(3)4)50-55(51-54)62-46-40-34-36-42-48-64-57(60)44-38-32-30-28-26-24-22-20-18-16-14-12-10-8-6-2/h13-16,19-22,49-51H,5-12,17-18,23-48,52H2,1-4H3/b15-13-,16-14-,21-19-,22-20-. The minimum atomic E-state index is -0.0549. The molecule has 1 aromatic carbocycles. The van der Waals surface area contributed by atoms with Crippen molar-refractivity contribution >= 4 is 11.9 Å². The van der Waals surface area contributed by atoms with Gasteiger partial charge in [-0.25, -0.2) is 0 Å². The van der Waals surface area contributed by atoms with Gasteiger partial charge in [0.05, 0.1) is 26.4 Å². The molecular weight excluding hydrogens is 795 g/mol. The predicted molar refractivity (Wildman–Crippen MR) is 272 cm³/mol. The Labute approximate surface area is 394 Å². The third kappa shape index (κ3) is 41.4. The molecule has 0 radical (unpaired) electrons. The third-order valence-corrected chi connectivity index (χ3v) is 11.2. The zero-order chi connectivity index (χ0) is 46.2. The number of ether oxygens (including phenoxy) is 4. The summed E-state index contributed by atoms with van der Waals surface area (Å²) in [5.74, 6) is 1.58. The van der Waals surface area contributed by atoms with Crippen molar-refractivity contribution in [1.82, 2.24) is 4.90 Å². The van der Waals surface area contributed by atoms with E-state index in [1.165, 1.54) is 95.5 Å². The number of unbranched alkanes of at least 4 members (excludes halogenated alkanes) is 22. The molecule has 1 rings (SSSR count). The van der Waals surface area contributed by atoms with Crippen molar-refractivity contribution in [3.63, 3.8) is 0 Å². The van der Waals surface area contributed by atoms with E-state index in [1.807, 2.05) is 6.07 Å². The summed E-state index contributed by atoms with van der Waals surface area (Å²) in [7, 11) is 4.14. The largest absolute Gasteiger partial charge is 0.493 e. The summed E-state index contributed by atoms with van der Waals surface area (Å²) in [5, 5.41) is 0. The van der Waals surface area contributed by atoms with E-state index < -0.39 is 0 Å². The highest BCUT2D eigenvalue weighted by atomic mass is 16.5. The lowest BCUT2D eigenvalue weighted by Gasteiger charge is -2.15. The van der Waals surface area contributed by atoms with Gasteiger partial charge in [0, 0.05) is 25.5 Å². The average Bonchev–Trinajstić information content (AvgIpc) is 3.27. The van der Waals surface area contributed by atoms with Crippen LogP contribution in [0.5, 0.6) is 11.5 Å². The van der Waals surface area contributed by atoms with Crippen molar-refractivity contribution in [2.45, 2.75) is 226 Å². The highest BCUT2D eigenvalue weighted by Gasteiger charge is 2.07. The van der Waals surface area contributed by atoms with E-state index in [0.717, 1.165) is 121 Å². The molecule has 0 N–H and O–H groups in total. The summed E-state index contributed by atoms with van der Waals surface area (Å²) >= 11 is 0. The Morgan fingerprint density at radius 2 is 0.766 bits per heavy atom. The quantitative estimate of drug-likeness (QED) is 0.0367. The molecule has 1 aromatic rings. The zero-order valence-corrected chi connectivity index (χ0v) is 41.9. The molecule has 366 valence electrons. The molecule has 0 aliphatic heterocycles. The fraction of sp³-hybridized carbons (Fsp3) is 0.719. The van der Waals surface area contributed by atoms with Crippen LogP contribution >= 0.6 is 0 Å². The molecule has 7 heteroatoms. The highest BCUT2D eigenvalue weighted by molar-refractivity contribution is 5.69. The summed E-state index contributed by atoms with van der Waals surface area (Å²) in [6, 6.07) is 6.22. The van der Waals surface area contributed by atoms with Crippen LogP contribution in [0.25, 0.3) is 0 Å². The first kappa shape index (κ1) is 58.7. The minimum Gasteiger partial charge on any atom is -0.493 e. The zero-order valence-electron chi connectivity index (χ0n) is 41.9. The monoisotopic (exact) mass is 892 g/mol. The van der Waals surface area contributed by atoms with Crippen molar-refractivity contribution in [3.05, 3.63) is 72.4 Å². The maximum Gasteiger partial charge on any atom is 0.305 e. The number of allylic oxidation sites excluding steroid dienone is 8. The Kier molecular flexibility index (Phi) is 42.4. The van der Waals surface area contributed by atoms with E-state index in [4.69, 9.17) is 18.9 Å². The van der Waals surface area contributed by atoms with Crippen LogP contribution in [0.15, 0.2) is 66.8 Å². The summed E-state index contributed by atoms with van der Waals surface area (Å²) in [6.45, 7) is 7.63. The minimum absolute atomic E-state index is 0.0549. The molecule has 0 spiro atoms. The Bertz CT molecular complexity index is 1240. The van der Waals surface area contributed by atoms with Crippen LogP contribution < -0.4 is 9.47 Å². The van der Waals surface area contributed by atoms with Crippen LogP contribution in [-0.2, 0) is 25.6 Å². The Morgan fingerprint density at radius 3 is 1.16 bits per heavy atom. The van der Waals surface area contributed by atoms with E-state index in [9.17, 15) is 9.59 Å². The lowest BCUT2D eigenvalue weighted by atomic mass is 10.1. The summed E-state index contributed by atoms with van der Waals surface area (Å²) < 4.78 is 23.3. The summed E-state index contributed by atoms with van der Waals surface area (Å²) in [5.41, 5.74) is 1.17. The molecule has 0 saturated carbocycles. The van der Waals surface area contributed by atoms with Crippen molar-refractivity contribution in [2.24, 2.45) is 0 Å². The van der Waals surface area contributed by atoms with E-state index >= 15 is 0 Å². The molecule has 64 heavy (non-hydrogen) atoms. The van der Waals surface area contributed by atoms with Crippen LogP contribution in [0.4, 0.5) is 0 Å². The fourth-order valence-electron chi connectivity index (χ4n) is 7.43. The first-order valence-electron chi connectivity index (χ1n) is 26.4. The topological polar surface area (TPSA) is 74.3 Å². The van der Waals surface area contributed by atoms with Gasteiger partial charge in [0.15, 0.2) is 0 Å². The second kappa shape index (κ2) is 46.2. The number of carbonyl (C=O) groups is 2. The number of hydrogen-bond donors (Lipinski definition) is 0. The van der Waals surface area contributed by atoms with Crippen molar-refractivity contribution in [2.75, 3.05) is 40.5 Å². The Balaban J connectivity index is 2.05. The first-order valence-corrected chi connectivity index (χ1v) is 26.4. The normalized spacial score (nSPS) is 11.9. The average molecular weight is 892 g/mol. The number of benzene rings is 1. The van der Waals surface area contributed by atoms with Crippen molar-refractivity contribution < 1.29 is 28.5 Å². The van der Waals surface area contributed by atoms with Crippen LogP contribution in [0.2, 0.25) is 0 Å². The number of hydrogen-bond acceptors (Lipinski definition) is 7. The van der Waals surface area contributed by atoms with Gasteiger partial charge in [0.1, 0.15) is 11.5 Å². The van der Waals surface area contributed by atoms with Gasteiger partial charge in [-0.15, -0.1) is 0 Å². The summed E-state index contributed by atoms with van der Waals surface area (Å²) in [6.07, 6.45) is 53.3. The van der Waals surface area contributed by atoms with E-state index in [1.54, 1.807) is 0 Å². The second-order valence-electron chi connectivity index (χ2n) is 18.0. The third-order valence-electron chi connectivity index (χ3n) is 11.2. The van der Waals surface area contributed by atoms with Gasteiger partial charge in [-0.1, -0.05) is 127 Å². The van der Waals surface area contributed by atoms with E-state index in [0.29, 0.717) is 39.3 Å². The first-order chi connectivity index (χ1) is 31.4. The molecule has 0 heterocycles. The van der Waals surface area contributed by atoms with Gasteiger partial charge in [-0.05, 0) is 160 Å². The van der Waals surface area contributed by atoms with Crippen LogP contribution in [0.1, 0.15) is 225 Å². The molecule has 0 amide bonds. The predicted octanol–water partition coefficient (Wildman–Crippen LogP) is 16.3. The SMILES string of the molecule is CCCCC/C=C\C/C=C\CCCCCCCC(=O)OCCCCCCOc1cc(CN(C)C)cc(OCCCCCCOC(=O)CCCCCCC/C=C\C/C=C\CCCCC)c1. The number of nitrogens with zero attached hydrogens (tertiary/aromatic N) is 1. The van der Waals surface area contributed by atoms with Crippen LogP contribution in [-0.4, -0.2) is 57.4 Å². The molecule has 0 aliphatic rings. The molecule has 0 fully saturated rings. The number of carbonyl (C=O) groups excluding carboxylic acids is 2. The van der Waals surface area contributed by atoms with E-state index in [2.05, 4.69) is 93.6 Å². The Hall–Kier alpha value is -3.32. The van der Waals surface area contributed by atoms with Crippen molar-refractivity contribution in [1.29, 1.82) is 0 Å². The molecule has 0 aliphatic carbocycles. The molecule has 0 unspecified atom stereocenters. The lowest BCUT2D eigenvalue weighted by Crippen LogP contribution is -2.11. The van der Waals surface area contributed by atoms with Gasteiger partial charge in [0.2, 0.25) is 0 Å². The maximum atomic E-state index is 12.2. The highest BCUT2D eigenvalue weighted by Crippen LogP contribution is 2.25. The second-order valence-corrected chi connectivity index (χ2v) is 18.0. The molecule has 7 nitrogen and oxygen atoms in total. The number of esters is 2. The van der Waals surface area contributed by atoms with Gasteiger partial charge >= 0.3 is 11.9 Å². The lowest BCUT2D eigenvalue weighted by molar-refractivity contribution is -0.144. The number of rotatable bonds is 46. The van der Waals surface area contributed by atoms with Crippen LogP contribution in [0.3, 0.4) is 0 Å². The Morgan fingerprint density at radius 1 is 0.422 bits per heavy atom. The van der Waals surface area contributed by atoms with Gasteiger partial charge < -0.3 is 23.8 Å². The van der Waals surface area contributed by atoms with E-state index in [-0.39, 0.29) is 11.9 Å². The van der Waals surface area contributed by atoms with Gasteiger partial charge in [0.25, 0.3) is 0 Å². The molecule has 0 bridgehead atoms. The summed E-state index contributed by atoms with van der Waals surface area (Å²) in [4.78, 5) is 26.5. The fourth-order valence-corrected chi connectivity index (χ4v) is 7.43. The molecule has 0 saturated heterocycles. The van der Waals surface area contributed by atoms with Crippen LogP contribution in [0, 0.1) is 0 Å².